The molecule has 0 saturated heterocycles. The zero-order valence-electron chi connectivity index (χ0n) is 8.93. The van der Waals surface area contributed by atoms with Crippen molar-refractivity contribution in [1.29, 1.82) is 0 Å². The summed E-state index contributed by atoms with van der Waals surface area (Å²) in [5.74, 6) is 0.339. The highest BCUT2D eigenvalue weighted by Crippen LogP contribution is 2.15. The lowest BCUT2D eigenvalue weighted by molar-refractivity contribution is 0.0959. The second-order valence-corrected chi connectivity index (χ2v) is 4.69. The van der Waals surface area contributed by atoms with Crippen molar-refractivity contribution in [2.24, 2.45) is 11.0 Å². The lowest BCUT2D eigenvalue weighted by Gasteiger charge is -2.11. The lowest BCUT2D eigenvalue weighted by atomic mass is 9.96. The van der Waals surface area contributed by atoms with Crippen molar-refractivity contribution >= 4 is 23.5 Å². The van der Waals surface area contributed by atoms with E-state index in [-0.39, 0.29) is 5.91 Å². The Morgan fingerprint density at radius 3 is 3.19 bits per heavy atom. The van der Waals surface area contributed by atoms with Crippen LogP contribution in [0.25, 0.3) is 0 Å². The molecule has 4 heteroatoms. The van der Waals surface area contributed by atoms with Crippen LogP contribution in [0.5, 0.6) is 0 Å². The fourth-order valence-corrected chi connectivity index (χ4v) is 2.23. The molecule has 1 atom stereocenters. The van der Waals surface area contributed by atoms with Crippen LogP contribution in [0.2, 0.25) is 0 Å². The SMILES string of the molecule is O=C(N/N=C\[C@H]1CC=CCC1)c1cccs1. The minimum absolute atomic E-state index is 0.127. The second-order valence-electron chi connectivity index (χ2n) is 3.74. The van der Waals surface area contributed by atoms with Gasteiger partial charge < -0.3 is 0 Å². The first kappa shape index (κ1) is 11.1. The molecule has 1 N–H and O–H groups in total. The molecule has 0 radical (unpaired) electrons. The van der Waals surface area contributed by atoms with Crippen LogP contribution in [-0.2, 0) is 0 Å². The van der Waals surface area contributed by atoms with E-state index in [4.69, 9.17) is 0 Å². The van der Waals surface area contributed by atoms with Crippen molar-refractivity contribution < 1.29 is 4.79 Å². The molecule has 3 nitrogen and oxygen atoms in total. The maximum atomic E-state index is 11.5. The fourth-order valence-electron chi connectivity index (χ4n) is 1.62. The molecule has 1 aromatic heterocycles. The normalized spacial score (nSPS) is 20.1. The highest BCUT2D eigenvalue weighted by molar-refractivity contribution is 7.12. The minimum Gasteiger partial charge on any atom is -0.266 e. The number of amides is 1. The molecule has 0 unspecified atom stereocenters. The first-order valence-electron chi connectivity index (χ1n) is 5.38. The third-order valence-corrected chi connectivity index (χ3v) is 3.37. The quantitative estimate of drug-likeness (QED) is 0.487. The van der Waals surface area contributed by atoms with Gasteiger partial charge in [-0.2, -0.15) is 5.10 Å². The topological polar surface area (TPSA) is 41.5 Å². The van der Waals surface area contributed by atoms with Crippen LogP contribution in [0.1, 0.15) is 28.9 Å². The molecule has 84 valence electrons. The van der Waals surface area contributed by atoms with E-state index in [2.05, 4.69) is 22.7 Å². The molecule has 0 aliphatic heterocycles. The molecular weight excluding hydrogens is 220 g/mol. The van der Waals surface area contributed by atoms with E-state index in [1.165, 1.54) is 11.3 Å². The molecule has 1 heterocycles. The van der Waals surface area contributed by atoms with Gasteiger partial charge in [0.25, 0.3) is 5.91 Å². The molecule has 0 spiro atoms. The Morgan fingerprint density at radius 2 is 2.50 bits per heavy atom. The third-order valence-electron chi connectivity index (χ3n) is 2.51. The Balaban J connectivity index is 1.80. The van der Waals surface area contributed by atoms with Gasteiger partial charge in [0.1, 0.15) is 0 Å². The summed E-state index contributed by atoms with van der Waals surface area (Å²) >= 11 is 1.42. The van der Waals surface area contributed by atoms with Crippen LogP contribution in [-0.4, -0.2) is 12.1 Å². The zero-order valence-corrected chi connectivity index (χ0v) is 9.74. The Bertz CT molecular complexity index is 395. The summed E-state index contributed by atoms with van der Waals surface area (Å²) in [6.07, 6.45) is 9.45. The molecule has 1 amide bonds. The van der Waals surface area contributed by atoms with Crippen molar-refractivity contribution in [1.82, 2.24) is 5.43 Å². The molecule has 1 aromatic rings. The second kappa shape index (κ2) is 5.61. The highest BCUT2D eigenvalue weighted by Gasteiger charge is 2.07. The van der Waals surface area contributed by atoms with Crippen LogP contribution in [0, 0.1) is 5.92 Å². The summed E-state index contributed by atoms with van der Waals surface area (Å²) in [5, 5.41) is 5.88. The van der Waals surface area contributed by atoms with Gasteiger partial charge >= 0.3 is 0 Å². The van der Waals surface area contributed by atoms with Gasteiger partial charge in [0.15, 0.2) is 0 Å². The summed E-state index contributed by atoms with van der Waals surface area (Å²) in [4.78, 5) is 12.2. The van der Waals surface area contributed by atoms with E-state index >= 15 is 0 Å². The monoisotopic (exact) mass is 234 g/mol. The third kappa shape index (κ3) is 3.03. The van der Waals surface area contributed by atoms with Crippen molar-refractivity contribution in [2.45, 2.75) is 19.3 Å². The molecule has 1 aliphatic carbocycles. The smallest absolute Gasteiger partial charge is 0.266 e. The number of carbonyl (C=O) groups excluding carboxylic acids is 1. The average Bonchev–Trinajstić information content (AvgIpc) is 2.84. The molecular formula is C12H14N2OS. The van der Waals surface area contributed by atoms with E-state index in [0.29, 0.717) is 10.8 Å². The molecule has 0 aromatic carbocycles. The summed E-state index contributed by atoms with van der Waals surface area (Å²) in [7, 11) is 0. The number of rotatable bonds is 3. The number of hydrazone groups is 1. The van der Waals surface area contributed by atoms with Gasteiger partial charge in [0.2, 0.25) is 0 Å². The number of hydrogen-bond acceptors (Lipinski definition) is 3. The number of allylic oxidation sites excluding steroid dienone is 2. The predicted molar refractivity (Wildman–Crippen MR) is 66.8 cm³/mol. The number of thiophene rings is 1. The molecule has 2 rings (SSSR count). The summed E-state index contributed by atoms with van der Waals surface area (Å²) < 4.78 is 0. The maximum absolute atomic E-state index is 11.5. The Morgan fingerprint density at radius 1 is 1.56 bits per heavy atom. The predicted octanol–water partition coefficient (Wildman–Crippen LogP) is 2.82. The van der Waals surface area contributed by atoms with E-state index in [9.17, 15) is 4.79 Å². The first-order valence-corrected chi connectivity index (χ1v) is 6.26. The zero-order chi connectivity index (χ0) is 11.2. The van der Waals surface area contributed by atoms with Gasteiger partial charge in [-0.05, 0) is 36.6 Å². The molecule has 0 saturated carbocycles. The van der Waals surface area contributed by atoms with E-state index in [1.54, 1.807) is 6.07 Å². The first-order chi connectivity index (χ1) is 7.86. The molecule has 1 aliphatic rings. The van der Waals surface area contributed by atoms with E-state index in [0.717, 1.165) is 19.3 Å². The van der Waals surface area contributed by atoms with Gasteiger partial charge in [0, 0.05) is 6.21 Å². The summed E-state index contributed by atoms with van der Waals surface area (Å²) in [6.45, 7) is 0. The van der Waals surface area contributed by atoms with Gasteiger partial charge in [-0.3, -0.25) is 4.79 Å². The van der Waals surface area contributed by atoms with Crippen molar-refractivity contribution in [2.75, 3.05) is 0 Å². The summed E-state index contributed by atoms with van der Waals surface area (Å²) in [6, 6.07) is 3.65. The molecule has 0 fully saturated rings. The van der Waals surface area contributed by atoms with Crippen molar-refractivity contribution in [3.8, 4) is 0 Å². The average molecular weight is 234 g/mol. The van der Waals surface area contributed by atoms with Crippen LogP contribution in [0.3, 0.4) is 0 Å². The fraction of sp³-hybridized carbons (Fsp3) is 0.333. The highest BCUT2D eigenvalue weighted by atomic mass is 32.1. The van der Waals surface area contributed by atoms with E-state index < -0.39 is 0 Å². The van der Waals surface area contributed by atoms with Crippen LogP contribution in [0.15, 0.2) is 34.8 Å². The largest absolute Gasteiger partial charge is 0.281 e. The number of carbonyl (C=O) groups is 1. The van der Waals surface area contributed by atoms with Crippen LogP contribution in [0.4, 0.5) is 0 Å². The van der Waals surface area contributed by atoms with Gasteiger partial charge in [-0.15, -0.1) is 11.3 Å². The molecule has 0 bridgehead atoms. The number of hydrogen-bond donors (Lipinski definition) is 1. The van der Waals surface area contributed by atoms with Crippen molar-refractivity contribution in [3.05, 3.63) is 34.5 Å². The van der Waals surface area contributed by atoms with Crippen molar-refractivity contribution in [3.63, 3.8) is 0 Å². The number of nitrogens with zero attached hydrogens (tertiary/aromatic N) is 1. The van der Waals surface area contributed by atoms with E-state index in [1.807, 2.05) is 17.7 Å². The maximum Gasteiger partial charge on any atom is 0.281 e. The minimum atomic E-state index is -0.127. The lowest BCUT2D eigenvalue weighted by Crippen LogP contribution is -2.17. The number of nitrogens with one attached hydrogen (secondary N) is 1. The Hall–Kier alpha value is -1.42. The van der Waals surface area contributed by atoms with Crippen LogP contribution < -0.4 is 5.43 Å². The standard InChI is InChI=1S/C12H14N2OS/c15-12(11-7-4-8-16-11)14-13-9-10-5-2-1-3-6-10/h1-2,4,7-10H,3,5-6H2,(H,14,15)/b13-9-/t10-/m0/s1. The van der Waals surface area contributed by atoms with Gasteiger partial charge in [-0.25, -0.2) is 5.43 Å². The summed E-state index contributed by atoms with van der Waals surface area (Å²) in [5.41, 5.74) is 2.55. The molecule has 16 heavy (non-hydrogen) atoms. The Kier molecular flexibility index (Phi) is 3.88. The van der Waals surface area contributed by atoms with Gasteiger partial charge in [-0.1, -0.05) is 18.2 Å². The van der Waals surface area contributed by atoms with Crippen LogP contribution >= 0.6 is 11.3 Å². The Labute approximate surface area is 98.9 Å². The van der Waals surface area contributed by atoms with Gasteiger partial charge in [0.05, 0.1) is 4.88 Å².